The maximum atomic E-state index is 5.76. The molecule has 0 bridgehead atoms. The number of aryl methyl sites for hydroxylation is 1. The van der Waals surface area contributed by atoms with Crippen molar-refractivity contribution >= 4 is 0 Å². The van der Waals surface area contributed by atoms with Gasteiger partial charge in [0.15, 0.2) is 0 Å². The molecule has 0 radical (unpaired) electrons. The van der Waals surface area contributed by atoms with Gasteiger partial charge >= 0.3 is 0 Å². The molecular weight excluding hydrogens is 190 g/mol. The molecule has 0 aliphatic heterocycles. The zero-order valence-electron chi connectivity index (χ0n) is 9.43. The Labute approximate surface area is 90.3 Å². The van der Waals surface area contributed by atoms with Crippen LogP contribution in [0, 0.1) is 5.92 Å². The summed E-state index contributed by atoms with van der Waals surface area (Å²) in [6.45, 7) is 1.97. The number of nitrogens with two attached hydrogens (primary N) is 1. The number of hydrogen-bond donors (Lipinski definition) is 1. The van der Waals surface area contributed by atoms with Gasteiger partial charge in [-0.05, 0) is 25.8 Å². The molecule has 1 heterocycles. The first-order chi connectivity index (χ1) is 7.15. The molecule has 2 N–H and O–H groups in total. The first-order valence-electron chi connectivity index (χ1n) is 5.42. The quantitative estimate of drug-likeness (QED) is 0.757. The van der Waals surface area contributed by atoms with Gasteiger partial charge in [0.2, 0.25) is 0 Å². The Bertz CT molecular complexity index is 315. The second kappa shape index (κ2) is 4.28. The number of nitrogens with zero attached hydrogens (tertiary/aromatic N) is 4. The van der Waals surface area contributed by atoms with Crippen molar-refractivity contribution in [3.63, 3.8) is 0 Å². The van der Waals surface area contributed by atoms with E-state index in [0.717, 1.165) is 24.8 Å². The van der Waals surface area contributed by atoms with E-state index in [1.54, 1.807) is 6.33 Å². The van der Waals surface area contributed by atoms with E-state index in [1.807, 2.05) is 11.7 Å². The normalized spacial score (nSPS) is 25.6. The zero-order chi connectivity index (χ0) is 10.8. The lowest BCUT2D eigenvalue weighted by atomic mass is 9.81. The zero-order valence-corrected chi connectivity index (χ0v) is 9.43. The molecule has 1 aromatic rings. The molecule has 1 aromatic heterocycles. The summed E-state index contributed by atoms with van der Waals surface area (Å²) in [5.74, 6) is 1.79. The molecule has 5 nitrogen and oxygen atoms in total. The molecule has 0 amide bonds. The second-order valence-electron chi connectivity index (χ2n) is 4.59. The minimum Gasteiger partial charge on any atom is -0.328 e. The van der Waals surface area contributed by atoms with Gasteiger partial charge in [-0.15, -0.1) is 0 Å². The van der Waals surface area contributed by atoms with Crippen molar-refractivity contribution in [3.05, 3.63) is 12.2 Å². The maximum absolute atomic E-state index is 5.76. The van der Waals surface area contributed by atoms with Gasteiger partial charge in [0.1, 0.15) is 12.2 Å². The van der Waals surface area contributed by atoms with E-state index >= 15 is 0 Å². The van der Waals surface area contributed by atoms with Gasteiger partial charge in [-0.1, -0.05) is 0 Å². The lowest BCUT2D eigenvalue weighted by molar-refractivity contribution is 0.175. The highest BCUT2D eigenvalue weighted by Crippen LogP contribution is 2.26. The minimum atomic E-state index is 0.443. The molecule has 84 valence electrons. The molecular formula is C10H19N5. The number of hydrogen-bond acceptors (Lipinski definition) is 4. The van der Waals surface area contributed by atoms with Crippen LogP contribution in [-0.4, -0.2) is 39.3 Å². The molecule has 1 fully saturated rings. The monoisotopic (exact) mass is 209 g/mol. The Kier molecular flexibility index (Phi) is 3.02. The van der Waals surface area contributed by atoms with Crippen LogP contribution in [0.1, 0.15) is 18.7 Å². The average molecular weight is 209 g/mol. The first-order valence-corrected chi connectivity index (χ1v) is 5.42. The van der Waals surface area contributed by atoms with Crippen molar-refractivity contribution in [2.45, 2.75) is 25.4 Å². The van der Waals surface area contributed by atoms with Crippen LogP contribution in [0.2, 0.25) is 0 Å². The summed E-state index contributed by atoms with van der Waals surface area (Å²) < 4.78 is 1.82. The molecule has 15 heavy (non-hydrogen) atoms. The van der Waals surface area contributed by atoms with Crippen molar-refractivity contribution in [2.75, 3.05) is 13.6 Å². The van der Waals surface area contributed by atoms with E-state index in [9.17, 15) is 0 Å². The summed E-state index contributed by atoms with van der Waals surface area (Å²) in [5, 5.41) is 4.05. The molecule has 1 aliphatic carbocycles. The fourth-order valence-corrected chi connectivity index (χ4v) is 2.15. The topological polar surface area (TPSA) is 60.0 Å². The van der Waals surface area contributed by atoms with Gasteiger partial charge in [-0.2, -0.15) is 5.10 Å². The van der Waals surface area contributed by atoms with Crippen LogP contribution in [0.25, 0.3) is 0 Å². The van der Waals surface area contributed by atoms with Crippen molar-refractivity contribution in [3.8, 4) is 0 Å². The molecule has 2 rings (SSSR count). The average Bonchev–Trinajstić information content (AvgIpc) is 2.49. The third-order valence-corrected chi connectivity index (χ3v) is 3.06. The van der Waals surface area contributed by atoms with Crippen molar-refractivity contribution < 1.29 is 0 Å². The van der Waals surface area contributed by atoms with E-state index in [-0.39, 0.29) is 0 Å². The molecule has 0 spiro atoms. The highest BCUT2D eigenvalue weighted by atomic mass is 15.3. The smallest absolute Gasteiger partial charge is 0.140 e. The van der Waals surface area contributed by atoms with Gasteiger partial charge in [0.05, 0.1) is 6.54 Å². The summed E-state index contributed by atoms with van der Waals surface area (Å²) in [5.41, 5.74) is 5.76. The molecule has 5 heteroatoms. The van der Waals surface area contributed by atoms with Crippen molar-refractivity contribution in [1.82, 2.24) is 19.7 Å². The lowest BCUT2D eigenvalue weighted by Gasteiger charge is -2.35. The van der Waals surface area contributed by atoms with Crippen LogP contribution in [-0.2, 0) is 13.6 Å². The van der Waals surface area contributed by atoms with Gasteiger partial charge < -0.3 is 5.73 Å². The second-order valence-corrected chi connectivity index (χ2v) is 4.59. The van der Waals surface area contributed by atoms with Gasteiger partial charge in [0, 0.05) is 19.6 Å². The molecule has 1 aliphatic rings. The largest absolute Gasteiger partial charge is 0.328 e. The predicted octanol–water partition coefficient (Wildman–Crippen LogP) is -0.0158. The van der Waals surface area contributed by atoms with Crippen molar-refractivity contribution in [2.24, 2.45) is 18.7 Å². The van der Waals surface area contributed by atoms with Crippen LogP contribution >= 0.6 is 0 Å². The van der Waals surface area contributed by atoms with E-state index in [0.29, 0.717) is 6.04 Å². The maximum Gasteiger partial charge on any atom is 0.140 e. The van der Waals surface area contributed by atoms with E-state index in [4.69, 9.17) is 5.73 Å². The van der Waals surface area contributed by atoms with E-state index in [2.05, 4.69) is 22.0 Å². The molecule has 0 unspecified atom stereocenters. The summed E-state index contributed by atoms with van der Waals surface area (Å²) in [6, 6.07) is 0.443. The van der Waals surface area contributed by atoms with E-state index < -0.39 is 0 Å². The van der Waals surface area contributed by atoms with Crippen LogP contribution in [0.5, 0.6) is 0 Å². The molecule has 0 aromatic carbocycles. The summed E-state index contributed by atoms with van der Waals surface area (Å²) >= 11 is 0. The standard InChI is InChI=1S/C10H19N5/c1-14(5-8-3-9(11)4-8)6-10-12-7-13-15(10)2/h7-9H,3-6,11H2,1-2H3. The molecule has 1 saturated carbocycles. The lowest BCUT2D eigenvalue weighted by Crippen LogP contribution is -2.41. The van der Waals surface area contributed by atoms with Crippen molar-refractivity contribution in [1.29, 1.82) is 0 Å². The number of rotatable bonds is 4. The van der Waals surface area contributed by atoms with Gasteiger partial charge in [0.25, 0.3) is 0 Å². The fraction of sp³-hybridized carbons (Fsp3) is 0.800. The van der Waals surface area contributed by atoms with Crippen LogP contribution < -0.4 is 5.73 Å². The highest BCUT2D eigenvalue weighted by molar-refractivity contribution is 4.87. The van der Waals surface area contributed by atoms with Gasteiger partial charge in [-0.3, -0.25) is 9.58 Å². The molecule has 0 atom stereocenters. The number of aromatic nitrogens is 3. The minimum absolute atomic E-state index is 0.443. The SMILES string of the molecule is CN(Cc1ncnn1C)CC1CC(N)C1. The first kappa shape index (κ1) is 10.6. The van der Waals surface area contributed by atoms with Crippen LogP contribution in [0.4, 0.5) is 0 Å². The Hall–Kier alpha value is -0.940. The Balaban J connectivity index is 1.77. The molecule has 0 saturated heterocycles. The highest BCUT2D eigenvalue weighted by Gasteiger charge is 2.26. The summed E-state index contributed by atoms with van der Waals surface area (Å²) in [7, 11) is 4.05. The predicted molar refractivity (Wildman–Crippen MR) is 58.0 cm³/mol. The van der Waals surface area contributed by atoms with Gasteiger partial charge in [-0.25, -0.2) is 4.98 Å². The third kappa shape index (κ3) is 2.54. The van der Waals surface area contributed by atoms with Crippen LogP contribution in [0.3, 0.4) is 0 Å². The summed E-state index contributed by atoms with van der Waals surface area (Å²) in [6.07, 6.45) is 3.94. The Morgan fingerprint density at radius 1 is 1.60 bits per heavy atom. The summed E-state index contributed by atoms with van der Waals surface area (Å²) in [4.78, 5) is 6.50. The Morgan fingerprint density at radius 2 is 2.33 bits per heavy atom. The third-order valence-electron chi connectivity index (χ3n) is 3.06. The fourth-order valence-electron chi connectivity index (χ4n) is 2.15. The Morgan fingerprint density at radius 3 is 2.87 bits per heavy atom. The van der Waals surface area contributed by atoms with Crippen LogP contribution in [0.15, 0.2) is 6.33 Å². The van der Waals surface area contributed by atoms with E-state index in [1.165, 1.54) is 12.8 Å².